The highest BCUT2D eigenvalue weighted by Gasteiger charge is 2.23. The van der Waals surface area contributed by atoms with Crippen LogP contribution in [-0.2, 0) is 11.3 Å². The Hall–Kier alpha value is -3.80. The zero-order valence-electron chi connectivity index (χ0n) is 15.5. The number of aromatic nitrogens is 5. The van der Waals surface area contributed by atoms with Gasteiger partial charge in [-0.05, 0) is 28.0 Å². The molecule has 12 heteroatoms. The summed E-state index contributed by atoms with van der Waals surface area (Å²) in [6.45, 7) is 0.0394. The molecule has 3 aromatic rings. The van der Waals surface area contributed by atoms with Crippen molar-refractivity contribution in [2.75, 3.05) is 31.8 Å². The van der Waals surface area contributed by atoms with E-state index in [2.05, 4.69) is 35.8 Å². The summed E-state index contributed by atoms with van der Waals surface area (Å²) in [4.78, 5) is 14.4. The van der Waals surface area contributed by atoms with Crippen LogP contribution in [0.4, 0.5) is 11.5 Å². The van der Waals surface area contributed by atoms with Crippen molar-refractivity contribution in [1.29, 1.82) is 0 Å². The van der Waals surface area contributed by atoms with Gasteiger partial charge in [-0.3, -0.25) is 4.79 Å². The Morgan fingerprint density at radius 3 is 2.71 bits per heavy atom. The predicted molar refractivity (Wildman–Crippen MR) is 100 cm³/mol. The molecule has 0 fully saturated rings. The van der Waals surface area contributed by atoms with Gasteiger partial charge in [0.05, 0.1) is 12.8 Å². The number of anilines is 2. The lowest BCUT2D eigenvalue weighted by Crippen LogP contribution is -2.20. The van der Waals surface area contributed by atoms with E-state index in [-0.39, 0.29) is 23.9 Å². The predicted octanol–water partition coefficient (Wildman–Crippen LogP) is 0.209. The number of nitrogens with two attached hydrogens (primary N) is 1. The summed E-state index contributed by atoms with van der Waals surface area (Å²) in [7, 11) is 5.38. The van der Waals surface area contributed by atoms with Gasteiger partial charge in [0.2, 0.25) is 11.6 Å². The molecule has 0 aliphatic heterocycles. The molecule has 12 nitrogen and oxygen atoms in total. The third-order valence-electron chi connectivity index (χ3n) is 3.74. The number of ether oxygens (including phenoxy) is 1. The monoisotopic (exact) mass is 385 g/mol. The van der Waals surface area contributed by atoms with Crippen LogP contribution in [0.5, 0.6) is 0 Å². The minimum absolute atomic E-state index is 0.00778. The first kappa shape index (κ1) is 19.0. The number of hydrogen-bond donors (Lipinski definition) is 2. The second kappa shape index (κ2) is 8.26. The van der Waals surface area contributed by atoms with E-state index in [1.165, 1.54) is 18.0 Å². The molecule has 2 heterocycles. The number of hydrazone groups is 1. The van der Waals surface area contributed by atoms with E-state index >= 15 is 0 Å². The molecule has 0 radical (unpaired) electrons. The molecule has 28 heavy (non-hydrogen) atoms. The lowest BCUT2D eigenvalue weighted by atomic mass is 10.2. The van der Waals surface area contributed by atoms with Gasteiger partial charge in [0, 0.05) is 26.9 Å². The van der Waals surface area contributed by atoms with Crippen LogP contribution < -0.4 is 16.1 Å². The van der Waals surface area contributed by atoms with Gasteiger partial charge in [0.1, 0.15) is 5.69 Å². The maximum absolute atomic E-state index is 12.4. The molecule has 0 aliphatic rings. The van der Waals surface area contributed by atoms with Gasteiger partial charge in [0.15, 0.2) is 5.69 Å². The van der Waals surface area contributed by atoms with Gasteiger partial charge < -0.3 is 15.4 Å². The van der Waals surface area contributed by atoms with Crippen molar-refractivity contribution in [3.63, 3.8) is 0 Å². The van der Waals surface area contributed by atoms with Crippen LogP contribution in [0.25, 0.3) is 5.82 Å². The van der Waals surface area contributed by atoms with Crippen LogP contribution >= 0.6 is 0 Å². The lowest BCUT2D eigenvalue weighted by Gasteiger charge is -2.11. The Morgan fingerprint density at radius 1 is 1.36 bits per heavy atom. The molecule has 0 atom stereocenters. The summed E-state index contributed by atoms with van der Waals surface area (Å²) in [6, 6.07) is 7.67. The second-order valence-electron chi connectivity index (χ2n) is 5.89. The number of methoxy groups -OCH3 is 1. The van der Waals surface area contributed by atoms with Crippen molar-refractivity contribution in [2.24, 2.45) is 5.10 Å². The zero-order valence-corrected chi connectivity index (χ0v) is 15.5. The molecule has 0 unspecified atom stereocenters. The Morgan fingerprint density at radius 2 is 2.11 bits per heavy atom. The average molecular weight is 385 g/mol. The molecule has 146 valence electrons. The summed E-state index contributed by atoms with van der Waals surface area (Å²) in [5, 5.41) is 18.8. The molecule has 3 rings (SSSR count). The van der Waals surface area contributed by atoms with Crippen molar-refractivity contribution < 1.29 is 14.2 Å². The molecule has 0 saturated heterocycles. The van der Waals surface area contributed by atoms with Gasteiger partial charge in [-0.25, -0.2) is 10.1 Å². The van der Waals surface area contributed by atoms with Crippen molar-refractivity contribution in [1.82, 2.24) is 30.7 Å². The Kier molecular flexibility index (Phi) is 5.60. The number of nitrogen functional groups attached to an aromatic ring is 1. The Labute approximate surface area is 159 Å². The lowest BCUT2D eigenvalue weighted by molar-refractivity contribution is 0.0944. The van der Waals surface area contributed by atoms with Crippen molar-refractivity contribution in [2.45, 2.75) is 6.61 Å². The van der Waals surface area contributed by atoms with Crippen LogP contribution in [0.2, 0.25) is 0 Å². The first-order valence-electron chi connectivity index (χ1n) is 8.14. The van der Waals surface area contributed by atoms with Crippen molar-refractivity contribution in [3.05, 3.63) is 41.2 Å². The van der Waals surface area contributed by atoms with Crippen LogP contribution in [0.1, 0.15) is 21.7 Å². The van der Waals surface area contributed by atoms with E-state index in [1.54, 1.807) is 0 Å². The Bertz CT molecular complexity index is 976. The summed E-state index contributed by atoms with van der Waals surface area (Å²) in [5.41, 5.74) is 10.3. The van der Waals surface area contributed by atoms with Gasteiger partial charge in [-0.1, -0.05) is 17.3 Å². The van der Waals surface area contributed by atoms with Crippen LogP contribution in [0.15, 0.2) is 34.0 Å². The maximum atomic E-state index is 12.4. The second-order valence-corrected chi connectivity index (χ2v) is 5.89. The largest absolute Gasteiger partial charge is 0.378 e. The highest BCUT2D eigenvalue weighted by atomic mass is 16.6. The van der Waals surface area contributed by atoms with Crippen molar-refractivity contribution in [3.8, 4) is 5.82 Å². The number of benzene rings is 1. The first-order chi connectivity index (χ1) is 13.5. The summed E-state index contributed by atoms with van der Waals surface area (Å²) in [5.74, 6) is -0.439. The van der Waals surface area contributed by atoms with Gasteiger partial charge in [-0.2, -0.15) is 9.78 Å². The molecule has 0 spiro atoms. The molecule has 1 amide bonds. The number of nitrogens with zero attached hydrogens (tertiary/aromatic N) is 7. The molecule has 0 bridgehead atoms. The van der Waals surface area contributed by atoms with E-state index in [1.807, 2.05) is 43.3 Å². The fourth-order valence-electron chi connectivity index (χ4n) is 2.33. The first-order valence-corrected chi connectivity index (χ1v) is 8.14. The molecular formula is C16H19N9O3. The number of nitrogens with one attached hydrogen (secondary N) is 1. The molecule has 1 aromatic carbocycles. The van der Waals surface area contributed by atoms with Crippen molar-refractivity contribution >= 4 is 23.6 Å². The highest BCUT2D eigenvalue weighted by Crippen LogP contribution is 2.16. The molecular weight excluding hydrogens is 366 g/mol. The van der Waals surface area contributed by atoms with E-state index in [9.17, 15) is 4.79 Å². The minimum Gasteiger partial charge on any atom is -0.378 e. The Balaban J connectivity index is 1.75. The summed E-state index contributed by atoms with van der Waals surface area (Å²) < 4.78 is 10.9. The quantitative estimate of drug-likeness (QED) is 0.430. The number of amides is 1. The molecule has 3 N–H and O–H groups in total. The zero-order chi connectivity index (χ0) is 20.1. The summed E-state index contributed by atoms with van der Waals surface area (Å²) >= 11 is 0. The van der Waals surface area contributed by atoms with Crippen LogP contribution in [-0.4, -0.2) is 58.6 Å². The molecule has 2 aromatic heterocycles. The molecule has 0 saturated carbocycles. The van der Waals surface area contributed by atoms with E-state index in [0.29, 0.717) is 5.69 Å². The smallest absolute Gasteiger partial charge is 0.293 e. The SMILES string of the molecule is COCc1c(C(=O)NN=Cc2ccc(N(C)C)cc2)nnn1-c1nonc1N. The molecule has 0 aliphatic carbocycles. The third-order valence-corrected chi connectivity index (χ3v) is 3.74. The number of carbonyl (C=O) groups excluding carboxylic acids is 1. The van der Waals surface area contributed by atoms with E-state index < -0.39 is 5.91 Å². The van der Waals surface area contributed by atoms with E-state index in [0.717, 1.165) is 11.3 Å². The van der Waals surface area contributed by atoms with Crippen LogP contribution in [0, 0.1) is 0 Å². The number of carbonyl (C=O) groups is 1. The topological polar surface area (TPSA) is 150 Å². The normalized spacial score (nSPS) is 11.1. The van der Waals surface area contributed by atoms with Gasteiger partial charge >= 0.3 is 0 Å². The average Bonchev–Trinajstić information content (AvgIpc) is 3.28. The fourth-order valence-corrected chi connectivity index (χ4v) is 2.33. The summed E-state index contributed by atoms with van der Waals surface area (Å²) in [6.07, 6.45) is 1.53. The van der Waals surface area contributed by atoms with E-state index in [4.69, 9.17) is 10.5 Å². The number of hydrogen-bond acceptors (Lipinski definition) is 10. The maximum Gasteiger partial charge on any atom is 0.293 e. The number of rotatable bonds is 7. The fraction of sp³-hybridized carbons (Fsp3) is 0.250. The van der Waals surface area contributed by atoms with Gasteiger partial charge in [0.25, 0.3) is 5.91 Å². The van der Waals surface area contributed by atoms with Crippen LogP contribution in [0.3, 0.4) is 0 Å². The third kappa shape index (κ3) is 3.96. The minimum atomic E-state index is -0.561. The highest BCUT2D eigenvalue weighted by molar-refractivity contribution is 5.94. The van der Waals surface area contributed by atoms with Gasteiger partial charge in [-0.15, -0.1) is 5.10 Å². The standard InChI is InChI=1S/C16H19N9O3/c1-24(2)11-6-4-10(5-7-11)8-18-20-16(26)13-12(9-27-3)25(23-19-13)15-14(17)21-28-22-15/h4-8H,9H2,1-3H3,(H2,17,21)(H,20,26).